The van der Waals surface area contributed by atoms with Gasteiger partial charge in [0.05, 0.1) is 0 Å². The Labute approximate surface area is 102 Å². The summed E-state index contributed by atoms with van der Waals surface area (Å²) in [5.41, 5.74) is 2.75. The van der Waals surface area contributed by atoms with Gasteiger partial charge in [-0.1, -0.05) is 6.07 Å². The number of hydrogen-bond acceptors (Lipinski definition) is 2. The summed E-state index contributed by atoms with van der Waals surface area (Å²) in [5.74, 6) is -0.0987. The van der Waals surface area contributed by atoms with Gasteiger partial charge in [-0.15, -0.1) is 0 Å². The predicted molar refractivity (Wildman–Crippen MR) is 66.6 cm³/mol. The van der Waals surface area contributed by atoms with Gasteiger partial charge in [0.15, 0.2) is 0 Å². The van der Waals surface area contributed by atoms with Gasteiger partial charge in [0.2, 0.25) is 0 Å². The summed E-state index contributed by atoms with van der Waals surface area (Å²) in [7, 11) is 2.00. The highest BCUT2D eigenvalue weighted by atomic mass is 19.1. The smallest absolute Gasteiger partial charge is 0.123 e. The van der Waals surface area contributed by atoms with Gasteiger partial charge in [-0.3, -0.25) is 0 Å². The maximum absolute atomic E-state index is 13.5. The van der Waals surface area contributed by atoms with Crippen molar-refractivity contribution in [2.75, 3.05) is 20.1 Å². The third-order valence-corrected chi connectivity index (χ3v) is 4.47. The number of rotatable bonds is 1. The zero-order valence-corrected chi connectivity index (χ0v) is 10.2. The maximum Gasteiger partial charge on any atom is 0.123 e. The van der Waals surface area contributed by atoms with E-state index in [1.165, 1.54) is 11.1 Å². The number of halogens is 1. The van der Waals surface area contributed by atoms with E-state index in [2.05, 4.69) is 10.6 Å². The number of piperidine rings is 1. The molecule has 0 aromatic heterocycles. The molecule has 0 radical (unpaired) electrons. The Morgan fingerprint density at radius 3 is 2.82 bits per heavy atom. The molecule has 92 valence electrons. The van der Waals surface area contributed by atoms with Gasteiger partial charge < -0.3 is 10.6 Å². The molecule has 2 N–H and O–H groups in total. The van der Waals surface area contributed by atoms with Crippen molar-refractivity contribution in [1.82, 2.24) is 10.6 Å². The average Bonchev–Trinajstić information content (AvgIpc) is 2.64. The van der Waals surface area contributed by atoms with Crippen LogP contribution in [0.25, 0.3) is 0 Å². The fraction of sp³-hybridized carbons (Fsp3) is 0.571. The summed E-state index contributed by atoms with van der Waals surface area (Å²) in [4.78, 5) is 0. The van der Waals surface area contributed by atoms with Crippen molar-refractivity contribution < 1.29 is 4.39 Å². The van der Waals surface area contributed by atoms with E-state index in [1.807, 2.05) is 13.1 Å². The summed E-state index contributed by atoms with van der Waals surface area (Å²) >= 11 is 0. The standard InChI is InChI=1S/C14H19FN2/c1-16-13-9-14(4-6-17-7-5-14)12-8-10(15)2-3-11(12)13/h2-3,8,13,16-17H,4-7,9H2,1H3. The molecule has 1 aliphatic heterocycles. The fourth-order valence-corrected chi connectivity index (χ4v) is 3.54. The second-order valence-electron chi connectivity index (χ2n) is 5.31. The lowest BCUT2D eigenvalue weighted by Gasteiger charge is -2.35. The predicted octanol–water partition coefficient (Wildman–Crippen LogP) is 2.11. The van der Waals surface area contributed by atoms with Gasteiger partial charge in [-0.05, 0) is 68.1 Å². The summed E-state index contributed by atoms with van der Waals surface area (Å²) in [6, 6.07) is 5.70. The van der Waals surface area contributed by atoms with E-state index in [0.717, 1.165) is 32.4 Å². The quantitative estimate of drug-likeness (QED) is 0.777. The fourth-order valence-electron chi connectivity index (χ4n) is 3.54. The van der Waals surface area contributed by atoms with Crippen LogP contribution in [0.5, 0.6) is 0 Å². The van der Waals surface area contributed by atoms with Crippen LogP contribution in [0.1, 0.15) is 36.4 Å². The molecule has 2 nitrogen and oxygen atoms in total. The zero-order valence-electron chi connectivity index (χ0n) is 10.2. The van der Waals surface area contributed by atoms with Crippen LogP contribution in [0, 0.1) is 5.82 Å². The topological polar surface area (TPSA) is 24.1 Å². The molecule has 1 saturated heterocycles. The largest absolute Gasteiger partial charge is 0.317 e. The summed E-state index contributed by atoms with van der Waals surface area (Å²) in [6.07, 6.45) is 3.37. The Morgan fingerprint density at radius 2 is 2.12 bits per heavy atom. The monoisotopic (exact) mass is 234 g/mol. The Hall–Kier alpha value is -0.930. The van der Waals surface area contributed by atoms with Crippen LogP contribution < -0.4 is 10.6 Å². The van der Waals surface area contributed by atoms with Gasteiger partial charge in [0.1, 0.15) is 5.82 Å². The lowest BCUT2D eigenvalue weighted by molar-refractivity contribution is 0.286. The molecular formula is C14H19FN2. The molecule has 0 bridgehead atoms. The number of nitrogens with one attached hydrogen (secondary N) is 2. The molecule has 1 aliphatic carbocycles. The van der Waals surface area contributed by atoms with Gasteiger partial charge in [-0.2, -0.15) is 0 Å². The summed E-state index contributed by atoms with van der Waals surface area (Å²) < 4.78 is 13.5. The van der Waals surface area contributed by atoms with Crippen LogP contribution in [-0.4, -0.2) is 20.1 Å². The van der Waals surface area contributed by atoms with Crippen molar-refractivity contribution in [2.45, 2.75) is 30.7 Å². The van der Waals surface area contributed by atoms with Crippen LogP contribution in [0.2, 0.25) is 0 Å². The van der Waals surface area contributed by atoms with Crippen LogP contribution in [0.3, 0.4) is 0 Å². The summed E-state index contributed by atoms with van der Waals surface area (Å²) in [6.45, 7) is 2.10. The maximum atomic E-state index is 13.5. The van der Waals surface area contributed by atoms with E-state index < -0.39 is 0 Å². The van der Waals surface area contributed by atoms with Gasteiger partial charge in [0, 0.05) is 6.04 Å². The van der Waals surface area contributed by atoms with Crippen LogP contribution in [0.15, 0.2) is 18.2 Å². The molecule has 1 spiro atoms. The minimum atomic E-state index is -0.0987. The van der Waals surface area contributed by atoms with E-state index in [-0.39, 0.29) is 11.2 Å². The van der Waals surface area contributed by atoms with E-state index in [9.17, 15) is 4.39 Å². The minimum Gasteiger partial charge on any atom is -0.317 e. The normalized spacial score (nSPS) is 26.1. The first-order chi connectivity index (χ1) is 8.25. The van der Waals surface area contributed by atoms with E-state index in [1.54, 1.807) is 12.1 Å². The highest BCUT2D eigenvalue weighted by molar-refractivity contribution is 5.43. The van der Waals surface area contributed by atoms with Crippen molar-refractivity contribution >= 4 is 0 Å². The molecule has 0 saturated carbocycles. The first kappa shape index (κ1) is 11.2. The zero-order chi connectivity index (χ0) is 11.9. The molecule has 1 heterocycles. The average molecular weight is 234 g/mol. The molecule has 3 rings (SSSR count). The van der Waals surface area contributed by atoms with Crippen molar-refractivity contribution in [2.24, 2.45) is 0 Å². The second-order valence-corrected chi connectivity index (χ2v) is 5.31. The Kier molecular flexibility index (Phi) is 2.68. The molecule has 3 heteroatoms. The SMILES string of the molecule is CNC1CC2(CCNCC2)c2cc(F)ccc21. The van der Waals surface area contributed by atoms with Crippen LogP contribution in [0.4, 0.5) is 4.39 Å². The number of hydrogen-bond donors (Lipinski definition) is 2. The molecule has 1 atom stereocenters. The van der Waals surface area contributed by atoms with E-state index >= 15 is 0 Å². The van der Waals surface area contributed by atoms with Crippen molar-refractivity contribution in [3.8, 4) is 0 Å². The Bertz CT molecular complexity index is 424. The van der Waals surface area contributed by atoms with E-state index in [4.69, 9.17) is 0 Å². The third kappa shape index (κ3) is 1.69. The van der Waals surface area contributed by atoms with Gasteiger partial charge in [-0.25, -0.2) is 4.39 Å². The summed E-state index contributed by atoms with van der Waals surface area (Å²) in [5, 5.41) is 6.77. The lowest BCUT2D eigenvalue weighted by Crippen LogP contribution is -2.38. The molecule has 1 fully saturated rings. The highest BCUT2D eigenvalue weighted by Gasteiger charge is 2.43. The van der Waals surface area contributed by atoms with Gasteiger partial charge in [0.25, 0.3) is 0 Å². The van der Waals surface area contributed by atoms with Crippen LogP contribution >= 0.6 is 0 Å². The lowest BCUT2D eigenvalue weighted by atomic mass is 9.74. The van der Waals surface area contributed by atoms with Gasteiger partial charge >= 0.3 is 0 Å². The Balaban J connectivity index is 2.07. The van der Waals surface area contributed by atoms with Crippen molar-refractivity contribution in [3.63, 3.8) is 0 Å². The third-order valence-electron chi connectivity index (χ3n) is 4.47. The number of benzene rings is 1. The molecule has 2 aliphatic rings. The molecular weight excluding hydrogens is 215 g/mol. The molecule has 17 heavy (non-hydrogen) atoms. The highest BCUT2D eigenvalue weighted by Crippen LogP contribution is 2.49. The molecule has 1 unspecified atom stereocenters. The first-order valence-electron chi connectivity index (χ1n) is 6.43. The van der Waals surface area contributed by atoms with Crippen molar-refractivity contribution in [1.29, 1.82) is 0 Å². The first-order valence-corrected chi connectivity index (χ1v) is 6.43. The second kappa shape index (κ2) is 4.07. The minimum absolute atomic E-state index is 0.0987. The number of fused-ring (bicyclic) bond motifs is 2. The van der Waals surface area contributed by atoms with Crippen LogP contribution in [-0.2, 0) is 5.41 Å². The molecule has 1 aromatic rings. The molecule has 0 amide bonds. The Morgan fingerprint density at radius 1 is 1.35 bits per heavy atom. The van der Waals surface area contributed by atoms with E-state index in [0.29, 0.717) is 6.04 Å². The van der Waals surface area contributed by atoms with Crippen molar-refractivity contribution in [3.05, 3.63) is 35.1 Å². The molecule has 1 aromatic carbocycles.